The molecule has 0 heterocycles. The van der Waals surface area contributed by atoms with E-state index in [2.05, 4.69) is 17.5 Å². The molecule has 1 aromatic rings. The second kappa shape index (κ2) is 7.27. The van der Waals surface area contributed by atoms with E-state index in [-0.39, 0.29) is 18.4 Å². The van der Waals surface area contributed by atoms with E-state index in [1.807, 2.05) is 0 Å². The first-order valence-corrected chi connectivity index (χ1v) is 7.38. The molecule has 0 fully saturated rings. The zero-order valence-electron chi connectivity index (χ0n) is 12.0. The second-order valence-electron chi connectivity index (χ2n) is 5.27. The Morgan fingerprint density at radius 1 is 1.33 bits per heavy atom. The number of hydrogen-bond acceptors (Lipinski definition) is 2. The minimum absolute atomic E-state index is 0.00203. The molecule has 2 amide bonds. The molecule has 1 aliphatic rings. The first-order chi connectivity index (χ1) is 10.0. The number of hydrogen-bond donors (Lipinski definition) is 1. The minimum Gasteiger partial charge on any atom is -0.336 e. The number of carbonyl (C=O) groups is 2. The lowest BCUT2D eigenvalue weighted by atomic mass is 10.0. The van der Waals surface area contributed by atoms with Crippen LogP contribution >= 0.6 is 11.6 Å². The van der Waals surface area contributed by atoms with Gasteiger partial charge in [-0.25, -0.2) is 0 Å². The Hall–Kier alpha value is -1.81. The highest BCUT2D eigenvalue weighted by molar-refractivity contribution is 6.30. The molecule has 0 spiro atoms. The largest absolute Gasteiger partial charge is 0.336 e. The maximum absolute atomic E-state index is 12.0. The Kier molecular flexibility index (Phi) is 5.39. The molecule has 0 radical (unpaired) electrons. The van der Waals surface area contributed by atoms with Crippen LogP contribution in [0.4, 0.5) is 5.69 Å². The van der Waals surface area contributed by atoms with Gasteiger partial charge in [-0.3, -0.25) is 9.59 Å². The smallest absolute Gasteiger partial charge is 0.243 e. The Morgan fingerprint density at radius 3 is 2.67 bits per heavy atom. The molecular weight excluding hydrogens is 288 g/mol. The van der Waals surface area contributed by atoms with Crippen LogP contribution in [0.2, 0.25) is 5.02 Å². The second-order valence-corrected chi connectivity index (χ2v) is 5.71. The number of rotatable bonds is 5. The summed E-state index contributed by atoms with van der Waals surface area (Å²) < 4.78 is 0. The number of benzene rings is 1. The maximum atomic E-state index is 12.0. The summed E-state index contributed by atoms with van der Waals surface area (Å²) in [7, 11) is 1.66. The average molecular weight is 307 g/mol. The van der Waals surface area contributed by atoms with Crippen LogP contribution in [0, 0.1) is 5.92 Å². The van der Waals surface area contributed by atoms with Gasteiger partial charge in [-0.2, -0.15) is 0 Å². The van der Waals surface area contributed by atoms with Crippen LogP contribution in [0.15, 0.2) is 36.4 Å². The Labute approximate surface area is 129 Å². The monoisotopic (exact) mass is 306 g/mol. The van der Waals surface area contributed by atoms with E-state index >= 15 is 0 Å². The Morgan fingerprint density at radius 2 is 2.05 bits per heavy atom. The molecule has 21 heavy (non-hydrogen) atoms. The summed E-state index contributed by atoms with van der Waals surface area (Å²) in [5.74, 6) is 0.104. The summed E-state index contributed by atoms with van der Waals surface area (Å²) in [6.07, 6.45) is 6.72. The fourth-order valence-electron chi connectivity index (χ4n) is 2.28. The number of likely N-dealkylation sites (N-methyl/N-ethyl adjacent to an activating group) is 1. The van der Waals surface area contributed by atoms with Gasteiger partial charge in [0.25, 0.3) is 0 Å². The summed E-state index contributed by atoms with van der Waals surface area (Å²) >= 11 is 5.78. The van der Waals surface area contributed by atoms with Crippen LogP contribution in [-0.2, 0) is 9.59 Å². The minimum atomic E-state index is -0.213. The van der Waals surface area contributed by atoms with Crippen LogP contribution in [0.3, 0.4) is 0 Å². The van der Waals surface area contributed by atoms with Gasteiger partial charge < -0.3 is 10.2 Å². The third-order valence-electron chi connectivity index (χ3n) is 3.48. The molecule has 0 saturated heterocycles. The lowest BCUT2D eigenvalue weighted by Crippen LogP contribution is -2.35. The van der Waals surface area contributed by atoms with Crippen molar-refractivity contribution in [3.63, 3.8) is 0 Å². The van der Waals surface area contributed by atoms with Gasteiger partial charge in [0, 0.05) is 24.2 Å². The first-order valence-electron chi connectivity index (χ1n) is 7.00. The van der Waals surface area contributed by atoms with Gasteiger partial charge in [-0.05, 0) is 43.0 Å². The number of carbonyl (C=O) groups excluding carboxylic acids is 2. The molecule has 1 aliphatic carbocycles. The third kappa shape index (κ3) is 4.90. The number of allylic oxidation sites excluding steroid dienone is 2. The molecule has 1 N–H and O–H groups in total. The number of anilines is 1. The molecular formula is C16H19ClN2O2. The zero-order valence-corrected chi connectivity index (χ0v) is 12.8. The Bertz CT molecular complexity index is 540. The van der Waals surface area contributed by atoms with Crippen LogP contribution in [-0.4, -0.2) is 30.3 Å². The zero-order chi connectivity index (χ0) is 15.2. The van der Waals surface area contributed by atoms with E-state index in [1.54, 1.807) is 31.3 Å². The van der Waals surface area contributed by atoms with Gasteiger partial charge in [0.05, 0.1) is 6.54 Å². The summed E-state index contributed by atoms with van der Waals surface area (Å²) in [6, 6.07) is 6.87. The van der Waals surface area contributed by atoms with E-state index in [0.717, 1.165) is 12.8 Å². The SMILES string of the molecule is CN(CC(=O)Nc1ccc(Cl)cc1)C(=O)C[C@H]1C=CCC1. The fraction of sp³-hybridized carbons (Fsp3) is 0.375. The van der Waals surface area contributed by atoms with Crippen LogP contribution < -0.4 is 5.32 Å². The molecule has 4 nitrogen and oxygen atoms in total. The topological polar surface area (TPSA) is 49.4 Å². The highest BCUT2D eigenvalue weighted by Gasteiger charge is 2.18. The van der Waals surface area contributed by atoms with Crippen molar-refractivity contribution >= 4 is 29.1 Å². The lowest BCUT2D eigenvalue weighted by molar-refractivity contribution is -0.133. The number of nitrogens with zero attached hydrogens (tertiary/aromatic N) is 1. The molecule has 0 bridgehead atoms. The standard InChI is InChI=1S/C16H19ClN2O2/c1-19(16(21)10-12-4-2-3-5-12)11-15(20)18-14-8-6-13(17)7-9-14/h2,4,6-9,12H,3,5,10-11H2,1H3,(H,18,20)/t12-/m0/s1. The van der Waals surface area contributed by atoms with Crippen LogP contribution in [0.5, 0.6) is 0 Å². The summed E-state index contributed by atoms with van der Waals surface area (Å²) in [5, 5.41) is 3.36. The van der Waals surface area contributed by atoms with E-state index in [9.17, 15) is 9.59 Å². The van der Waals surface area contributed by atoms with Crippen molar-refractivity contribution in [2.45, 2.75) is 19.3 Å². The third-order valence-corrected chi connectivity index (χ3v) is 3.74. The molecule has 0 aliphatic heterocycles. The van der Waals surface area contributed by atoms with E-state index in [4.69, 9.17) is 11.6 Å². The molecule has 1 aromatic carbocycles. The highest BCUT2D eigenvalue weighted by atomic mass is 35.5. The summed E-state index contributed by atoms with van der Waals surface area (Å²) in [6.45, 7) is 0.0535. The maximum Gasteiger partial charge on any atom is 0.243 e. The average Bonchev–Trinajstić information content (AvgIpc) is 2.94. The molecule has 112 valence electrons. The van der Waals surface area contributed by atoms with Gasteiger partial charge in [0.1, 0.15) is 0 Å². The molecule has 0 saturated carbocycles. The van der Waals surface area contributed by atoms with Gasteiger partial charge in [0.2, 0.25) is 11.8 Å². The van der Waals surface area contributed by atoms with Crippen molar-refractivity contribution in [2.24, 2.45) is 5.92 Å². The van der Waals surface area contributed by atoms with Crippen molar-refractivity contribution < 1.29 is 9.59 Å². The normalized spacial score (nSPS) is 16.8. The van der Waals surface area contributed by atoms with E-state index in [0.29, 0.717) is 23.0 Å². The van der Waals surface area contributed by atoms with Gasteiger partial charge in [-0.1, -0.05) is 23.8 Å². The quantitative estimate of drug-likeness (QED) is 0.850. The van der Waals surface area contributed by atoms with Crippen molar-refractivity contribution in [2.75, 3.05) is 18.9 Å². The molecule has 1 atom stereocenters. The lowest BCUT2D eigenvalue weighted by Gasteiger charge is -2.18. The first kappa shape index (κ1) is 15.6. The molecule has 2 rings (SSSR count). The van der Waals surface area contributed by atoms with Crippen molar-refractivity contribution in [1.82, 2.24) is 4.90 Å². The highest BCUT2D eigenvalue weighted by Crippen LogP contribution is 2.21. The Balaban J connectivity index is 1.79. The van der Waals surface area contributed by atoms with Crippen molar-refractivity contribution in [3.05, 3.63) is 41.4 Å². The number of halogens is 1. The number of nitrogens with one attached hydrogen (secondary N) is 1. The van der Waals surface area contributed by atoms with Crippen molar-refractivity contribution in [1.29, 1.82) is 0 Å². The molecule has 0 unspecified atom stereocenters. The predicted molar refractivity (Wildman–Crippen MR) is 84.2 cm³/mol. The molecule has 5 heteroatoms. The van der Waals surface area contributed by atoms with Gasteiger partial charge in [-0.15, -0.1) is 0 Å². The van der Waals surface area contributed by atoms with Gasteiger partial charge in [0.15, 0.2) is 0 Å². The van der Waals surface area contributed by atoms with Crippen LogP contribution in [0.1, 0.15) is 19.3 Å². The van der Waals surface area contributed by atoms with E-state index < -0.39 is 0 Å². The van der Waals surface area contributed by atoms with Crippen molar-refractivity contribution in [3.8, 4) is 0 Å². The summed E-state index contributed by atoms with van der Waals surface area (Å²) in [4.78, 5) is 25.4. The van der Waals surface area contributed by atoms with E-state index in [1.165, 1.54) is 4.90 Å². The molecule has 0 aromatic heterocycles. The number of amides is 2. The fourth-order valence-corrected chi connectivity index (χ4v) is 2.41. The van der Waals surface area contributed by atoms with Gasteiger partial charge >= 0.3 is 0 Å². The predicted octanol–water partition coefficient (Wildman–Crippen LogP) is 3.09. The van der Waals surface area contributed by atoms with Crippen LogP contribution in [0.25, 0.3) is 0 Å². The summed E-state index contributed by atoms with van der Waals surface area (Å²) in [5.41, 5.74) is 0.670.